The smallest absolute Gasteiger partial charge is 0.156 e. The highest BCUT2D eigenvalue weighted by molar-refractivity contribution is 5.94. The number of rotatable bonds is 1. The molecular weight excluding hydrogens is 222 g/mol. The van der Waals surface area contributed by atoms with Crippen molar-refractivity contribution in [3.63, 3.8) is 0 Å². The molecule has 18 heavy (non-hydrogen) atoms. The Morgan fingerprint density at radius 1 is 1.17 bits per heavy atom. The second kappa shape index (κ2) is 3.47. The monoisotopic (exact) mass is 247 g/mol. The number of hydrogen-bond acceptors (Lipinski definition) is 2. The Kier molecular flexibility index (Phi) is 2.39. The van der Waals surface area contributed by atoms with Gasteiger partial charge in [0.2, 0.25) is 0 Å². The van der Waals surface area contributed by atoms with E-state index in [4.69, 9.17) is 0 Å². The quantitative estimate of drug-likeness (QED) is 0.664. The molecule has 0 aromatic rings. The maximum atomic E-state index is 12.9. The molecule has 1 heterocycles. The van der Waals surface area contributed by atoms with Gasteiger partial charge in [0.05, 0.1) is 6.04 Å². The average Bonchev–Trinajstić information content (AvgIpc) is 2.77. The van der Waals surface area contributed by atoms with E-state index in [1.54, 1.807) is 0 Å². The van der Waals surface area contributed by atoms with Gasteiger partial charge in [-0.15, -0.1) is 0 Å². The number of ketones is 1. The predicted molar refractivity (Wildman–Crippen MR) is 73.3 cm³/mol. The molecule has 0 aromatic carbocycles. The predicted octanol–water partition coefficient (Wildman–Crippen LogP) is 3.03. The average molecular weight is 247 g/mol. The van der Waals surface area contributed by atoms with Crippen LogP contribution in [0.25, 0.3) is 0 Å². The van der Waals surface area contributed by atoms with Crippen molar-refractivity contribution in [2.75, 3.05) is 0 Å². The third-order valence-electron chi connectivity index (χ3n) is 6.43. The van der Waals surface area contributed by atoms with E-state index in [2.05, 4.69) is 51.7 Å². The summed E-state index contributed by atoms with van der Waals surface area (Å²) < 4.78 is 0. The summed E-state index contributed by atoms with van der Waals surface area (Å²) in [6.45, 7) is 11.3. The van der Waals surface area contributed by atoms with Crippen LogP contribution in [-0.2, 0) is 4.79 Å². The number of fused-ring (bicyclic) bond motifs is 2. The maximum Gasteiger partial charge on any atom is 0.156 e. The molecule has 2 aliphatic carbocycles. The van der Waals surface area contributed by atoms with Gasteiger partial charge in [0.1, 0.15) is 0 Å². The molecule has 0 amide bonds. The third kappa shape index (κ3) is 1.20. The minimum atomic E-state index is -0.0929. The van der Waals surface area contributed by atoms with E-state index in [1.165, 1.54) is 6.42 Å². The van der Waals surface area contributed by atoms with Crippen LogP contribution in [0.15, 0.2) is 12.2 Å². The van der Waals surface area contributed by atoms with Gasteiger partial charge in [0.25, 0.3) is 0 Å². The molecule has 0 saturated heterocycles. The van der Waals surface area contributed by atoms with Gasteiger partial charge >= 0.3 is 0 Å². The van der Waals surface area contributed by atoms with E-state index < -0.39 is 0 Å². The van der Waals surface area contributed by atoms with E-state index >= 15 is 0 Å². The highest BCUT2D eigenvalue weighted by Crippen LogP contribution is 2.64. The zero-order valence-corrected chi connectivity index (χ0v) is 12.2. The van der Waals surface area contributed by atoms with Gasteiger partial charge < -0.3 is 0 Å². The molecule has 2 fully saturated rings. The van der Waals surface area contributed by atoms with E-state index in [1.807, 2.05) is 0 Å². The zero-order valence-electron chi connectivity index (χ0n) is 12.2. The Balaban J connectivity index is 1.99. The van der Waals surface area contributed by atoms with Gasteiger partial charge in [-0.05, 0) is 38.0 Å². The van der Waals surface area contributed by atoms with Crippen LogP contribution in [0, 0.1) is 16.7 Å². The van der Waals surface area contributed by atoms with Crippen molar-refractivity contribution in [3.8, 4) is 0 Å². The van der Waals surface area contributed by atoms with Gasteiger partial charge in [-0.1, -0.05) is 32.9 Å². The van der Waals surface area contributed by atoms with Gasteiger partial charge in [-0.2, -0.15) is 0 Å². The number of carbonyl (C=O) groups is 1. The topological polar surface area (TPSA) is 20.3 Å². The first-order valence-electron chi connectivity index (χ1n) is 7.31. The van der Waals surface area contributed by atoms with Gasteiger partial charge in [-0.25, -0.2) is 0 Å². The molecule has 0 N–H and O–H groups in total. The molecule has 100 valence electrons. The van der Waals surface area contributed by atoms with E-state index in [-0.39, 0.29) is 16.9 Å². The minimum absolute atomic E-state index is 0.0929. The van der Waals surface area contributed by atoms with Crippen LogP contribution in [0.3, 0.4) is 0 Å². The van der Waals surface area contributed by atoms with Gasteiger partial charge in [0, 0.05) is 17.5 Å². The lowest BCUT2D eigenvalue weighted by atomic mass is 9.70. The fourth-order valence-corrected chi connectivity index (χ4v) is 4.78. The van der Waals surface area contributed by atoms with Crippen molar-refractivity contribution < 1.29 is 4.79 Å². The molecule has 5 unspecified atom stereocenters. The minimum Gasteiger partial charge on any atom is -0.297 e. The fourth-order valence-electron chi connectivity index (χ4n) is 4.78. The van der Waals surface area contributed by atoms with Crippen LogP contribution in [0.5, 0.6) is 0 Å². The van der Waals surface area contributed by atoms with Crippen LogP contribution in [0.4, 0.5) is 0 Å². The second-order valence-electron chi connectivity index (χ2n) is 7.32. The highest BCUT2D eigenvalue weighted by atomic mass is 16.1. The molecule has 2 bridgehead atoms. The number of hydrogen-bond donors (Lipinski definition) is 0. The Morgan fingerprint density at radius 3 is 2.17 bits per heavy atom. The Morgan fingerprint density at radius 2 is 1.72 bits per heavy atom. The first kappa shape index (κ1) is 12.4. The summed E-state index contributed by atoms with van der Waals surface area (Å²) in [7, 11) is 0. The molecule has 0 aromatic heterocycles. The van der Waals surface area contributed by atoms with Crippen LogP contribution in [-0.4, -0.2) is 28.8 Å². The number of Topliss-reactive ketones (excluding diaryl/α,β-unsaturated/α-hetero) is 1. The molecule has 0 spiro atoms. The van der Waals surface area contributed by atoms with Crippen molar-refractivity contribution in [1.29, 1.82) is 0 Å². The van der Waals surface area contributed by atoms with Crippen molar-refractivity contribution >= 4 is 5.78 Å². The van der Waals surface area contributed by atoms with E-state index in [0.717, 1.165) is 6.42 Å². The van der Waals surface area contributed by atoms with Crippen LogP contribution in [0.1, 0.15) is 47.5 Å². The summed E-state index contributed by atoms with van der Waals surface area (Å²) in [5.74, 6) is 1.05. The van der Waals surface area contributed by atoms with E-state index in [9.17, 15) is 4.79 Å². The van der Waals surface area contributed by atoms with Crippen LogP contribution >= 0.6 is 0 Å². The molecule has 2 saturated carbocycles. The standard InChI is InChI=1S/C16H25NO/c1-10-6-7-11(2)17(10)13-12-8-9-16(5,14(13)18)15(12,3)4/h6-7,10-13H,8-9H2,1-5H3. The van der Waals surface area contributed by atoms with Crippen molar-refractivity contribution in [2.24, 2.45) is 16.7 Å². The fraction of sp³-hybridized carbons (Fsp3) is 0.812. The zero-order chi connectivity index (χ0) is 13.3. The SMILES string of the molecule is CC1C=CC(C)N1C1C(=O)C2(C)CCC1C2(C)C. The molecule has 3 rings (SSSR count). The molecule has 2 nitrogen and oxygen atoms in total. The Hall–Kier alpha value is -0.630. The van der Waals surface area contributed by atoms with Crippen molar-refractivity contribution in [1.82, 2.24) is 4.90 Å². The number of carbonyl (C=O) groups excluding carboxylic acids is 1. The van der Waals surface area contributed by atoms with Crippen LogP contribution in [0.2, 0.25) is 0 Å². The summed E-state index contributed by atoms with van der Waals surface area (Å²) in [6.07, 6.45) is 6.80. The lowest BCUT2D eigenvalue weighted by molar-refractivity contribution is -0.133. The first-order chi connectivity index (χ1) is 8.30. The lowest BCUT2D eigenvalue weighted by Gasteiger charge is -2.37. The molecular formula is C16H25NO. The first-order valence-corrected chi connectivity index (χ1v) is 7.31. The van der Waals surface area contributed by atoms with Gasteiger partial charge in [0.15, 0.2) is 5.78 Å². The summed E-state index contributed by atoms with van der Waals surface area (Å²) in [6, 6.07) is 0.971. The molecule has 3 aliphatic rings. The maximum absolute atomic E-state index is 12.9. The summed E-state index contributed by atoms with van der Waals surface area (Å²) >= 11 is 0. The van der Waals surface area contributed by atoms with E-state index in [0.29, 0.717) is 23.8 Å². The number of nitrogens with zero attached hydrogens (tertiary/aromatic N) is 1. The largest absolute Gasteiger partial charge is 0.297 e. The summed E-state index contributed by atoms with van der Waals surface area (Å²) in [4.78, 5) is 15.4. The van der Waals surface area contributed by atoms with Crippen LogP contribution < -0.4 is 0 Å². The third-order valence-corrected chi connectivity index (χ3v) is 6.43. The normalized spacial score (nSPS) is 50.4. The van der Waals surface area contributed by atoms with Gasteiger partial charge in [-0.3, -0.25) is 9.69 Å². The molecule has 2 heteroatoms. The van der Waals surface area contributed by atoms with Crippen molar-refractivity contribution in [2.45, 2.75) is 65.6 Å². The lowest BCUT2D eigenvalue weighted by Crippen LogP contribution is -2.51. The Bertz CT molecular complexity index is 411. The second-order valence-corrected chi connectivity index (χ2v) is 7.32. The Labute approximate surface area is 110 Å². The molecule has 5 atom stereocenters. The molecule has 1 aliphatic heterocycles. The summed E-state index contributed by atoms with van der Waals surface area (Å²) in [5.41, 5.74) is 0.0706. The van der Waals surface area contributed by atoms with Crippen molar-refractivity contribution in [3.05, 3.63) is 12.2 Å². The highest BCUT2D eigenvalue weighted by Gasteiger charge is 2.67. The summed E-state index contributed by atoms with van der Waals surface area (Å²) in [5, 5.41) is 0. The molecule has 0 radical (unpaired) electrons.